The fourth-order valence-electron chi connectivity index (χ4n) is 2.57. The Kier molecular flexibility index (Phi) is 4.02. The Bertz CT molecular complexity index is 468. The summed E-state index contributed by atoms with van der Waals surface area (Å²) in [5.74, 6) is 0.834. The summed E-state index contributed by atoms with van der Waals surface area (Å²) in [5.41, 5.74) is 0.404. The predicted octanol–water partition coefficient (Wildman–Crippen LogP) is 2.71. The first-order chi connectivity index (χ1) is 9.04. The molecule has 5 heteroatoms. The number of aryl methyl sites for hydroxylation is 1. The summed E-state index contributed by atoms with van der Waals surface area (Å²) < 4.78 is 4.78. The van der Waals surface area contributed by atoms with E-state index in [0.29, 0.717) is 17.2 Å². The lowest BCUT2D eigenvalue weighted by molar-refractivity contribution is 0.0600. The third-order valence-electron chi connectivity index (χ3n) is 3.69. The normalized spacial score (nSPS) is 17.8. The van der Waals surface area contributed by atoms with E-state index in [0.717, 1.165) is 12.8 Å². The molecule has 1 aromatic heterocycles. The van der Waals surface area contributed by atoms with Gasteiger partial charge in [0.15, 0.2) is 0 Å². The van der Waals surface area contributed by atoms with E-state index in [4.69, 9.17) is 4.74 Å². The molecule has 0 aliphatic heterocycles. The van der Waals surface area contributed by atoms with Gasteiger partial charge in [0, 0.05) is 11.7 Å². The lowest BCUT2D eigenvalue weighted by Crippen LogP contribution is -2.37. The van der Waals surface area contributed by atoms with Gasteiger partial charge in [-0.3, -0.25) is 0 Å². The molecular formula is C14H21N3O2. The molecule has 19 heavy (non-hydrogen) atoms. The highest BCUT2D eigenvalue weighted by Gasteiger charge is 2.28. The van der Waals surface area contributed by atoms with E-state index in [1.54, 1.807) is 0 Å². The summed E-state index contributed by atoms with van der Waals surface area (Å²) in [4.78, 5) is 20.2. The van der Waals surface area contributed by atoms with Crippen molar-refractivity contribution in [2.75, 3.05) is 12.4 Å². The summed E-state index contributed by atoms with van der Waals surface area (Å²) in [7, 11) is 1.37. The molecular weight excluding hydrogens is 242 g/mol. The third-order valence-corrected chi connectivity index (χ3v) is 3.69. The molecule has 1 heterocycles. The average Bonchev–Trinajstić information content (AvgIpc) is 2.38. The molecule has 2 rings (SSSR count). The molecule has 104 valence electrons. The lowest BCUT2D eigenvalue weighted by Gasteiger charge is -2.35. The fraction of sp³-hybridized carbons (Fsp3) is 0.643. The minimum Gasteiger partial charge on any atom is -0.465 e. The number of esters is 1. The second-order valence-corrected chi connectivity index (χ2v) is 5.42. The minimum atomic E-state index is -0.401. The zero-order valence-corrected chi connectivity index (χ0v) is 11.8. The minimum absolute atomic E-state index is 0.00180. The molecule has 5 nitrogen and oxygen atoms in total. The van der Waals surface area contributed by atoms with Crippen molar-refractivity contribution in [3.8, 4) is 0 Å². The molecule has 1 aliphatic carbocycles. The Morgan fingerprint density at radius 1 is 1.37 bits per heavy atom. The van der Waals surface area contributed by atoms with Crippen molar-refractivity contribution in [1.82, 2.24) is 9.97 Å². The van der Waals surface area contributed by atoms with Gasteiger partial charge in [-0.25, -0.2) is 14.8 Å². The maximum Gasteiger partial charge on any atom is 0.343 e. The number of nitrogens with one attached hydrogen (secondary N) is 1. The zero-order valence-electron chi connectivity index (χ0n) is 11.8. The Morgan fingerprint density at radius 3 is 2.68 bits per heavy atom. The molecule has 1 aliphatic rings. The van der Waals surface area contributed by atoms with E-state index in [1.807, 2.05) is 6.92 Å². The first kappa shape index (κ1) is 13.8. The van der Waals surface area contributed by atoms with Crippen molar-refractivity contribution in [2.45, 2.75) is 51.5 Å². The Balaban J connectivity index is 2.27. The Labute approximate surface area is 113 Å². The van der Waals surface area contributed by atoms with Gasteiger partial charge in [0.05, 0.1) is 7.11 Å². The summed E-state index contributed by atoms with van der Waals surface area (Å²) in [6.45, 7) is 4.00. The van der Waals surface area contributed by atoms with Crippen molar-refractivity contribution in [1.29, 1.82) is 0 Å². The first-order valence-corrected chi connectivity index (χ1v) is 6.74. The molecule has 0 saturated heterocycles. The maximum absolute atomic E-state index is 11.7. The summed E-state index contributed by atoms with van der Waals surface area (Å²) in [5, 5.41) is 3.43. The molecule has 1 N–H and O–H groups in total. The number of hydrogen-bond donors (Lipinski definition) is 1. The number of nitrogens with zero attached hydrogens (tertiary/aromatic N) is 2. The number of carbonyl (C=O) groups is 1. The van der Waals surface area contributed by atoms with Crippen LogP contribution < -0.4 is 5.32 Å². The van der Waals surface area contributed by atoms with Crippen LogP contribution in [0.4, 0.5) is 5.82 Å². The van der Waals surface area contributed by atoms with Crippen LogP contribution in [0.15, 0.2) is 6.20 Å². The Hall–Kier alpha value is -1.65. The molecule has 0 aromatic carbocycles. The average molecular weight is 263 g/mol. The fourth-order valence-corrected chi connectivity index (χ4v) is 2.57. The molecule has 0 amide bonds. The topological polar surface area (TPSA) is 64.1 Å². The van der Waals surface area contributed by atoms with Crippen molar-refractivity contribution < 1.29 is 9.53 Å². The van der Waals surface area contributed by atoms with Crippen LogP contribution in [0.2, 0.25) is 0 Å². The monoisotopic (exact) mass is 263 g/mol. The number of rotatable bonds is 3. The first-order valence-electron chi connectivity index (χ1n) is 6.74. The SMILES string of the molecule is COC(=O)c1cnc(C)nc1NC1(C)CCCCC1. The summed E-state index contributed by atoms with van der Waals surface area (Å²) >= 11 is 0. The van der Waals surface area contributed by atoms with Gasteiger partial charge in [-0.15, -0.1) is 0 Å². The predicted molar refractivity (Wildman–Crippen MR) is 73.2 cm³/mol. The van der Waals surface area contributed by atoms with Crippen LogP contribution in [0, 0.1) is 6.92 Å². The largest absolute Gasteiger partial charge is 0.465 e. The molecule has 1 aromatic rings. The second-order valence-electron chi connectivity index (χ2n) is 5.42. The van der Waals surface area contributed by atoms with Gasteiger partial charge in [-0.1, -0.05) is 19.3 Å². The van der Waals surface area contributed by atoms with E-state index in [-0.39, 0.29) is 5.54 Å². The second kappa shape index (κ2) is 5.55. The molecule has 0 radical (unpaired) electrons. The number of hydrogen-bond acceptors (Lipinski definition) is 5. The van der Waals surface area contributed by atoms with Gasteiger partial charge in [0.1, 0.15) is 17.2 Å². The number of methoxy groups -OCH3 is 1. The molecule has 0 bridgehead atoms. The van der Waals surface area contributed by atoms with E-state index in [2.05, 4.69) is 22.2 Å². The van der Waals surface area contributed by atoms with Crippen LogP contribution in [0.5, 0.6) is 0 Å². The van der Waals surface area contributed by atoms with Crippen LogP contribution in [0.25, 0.3) is 0 Å². The van der Waals surface area contributed by atoms with E-state index in [1.165, 1.54) is 32.6 Å². The van der Waals surface area contributed by atoms with E-state index in [9.17, 15) is 4.79 Å². The van der Waals surface area contributed by atoms with Gasteiger partial charge >= 0.3 is 5.97 Å². The number of anilines is 1. The van der Waals surface area contributed by atoms with Crippen LogP contribution in [-0.4, -0.2) is 28.6 Å². The zero-order chi connectivity index (χ0) is 13.9. The molecule has 1 fully saturated rings. The summed E-state index contributed by atoms with van der Waals surface area (Å²) in [6.07, 6.45) is 7.42. The highest BCUT2D eigenvalue weighted by molar-refractivity contribution is 5.94. The van der Waals surface area contributed by atoms with Crippen LogP contribution >= 0.6 is 0 Å². The quantitative estimate of drug-likeness (QED) is 0.849. The molecule has 1 saturated carbocycles. The van der Waals surface area contributed by atoms with Gasteiger partial charge in [-0.05, 0) is 26.7 Å². The van der Waals surface area contributed by atoms with Crippen LogP contribution in [0.1, 0.15) is 55.2 Å². The van der Waals surface area contributed by atoms with Crippen molar-refractivity contribution in [3.63, 3.8) is 0 Å². The summed E-state index contributed by atoms with van der Waals surface area (Å²) in [6, 6.07) is 0. The van der Waals surface area contributed by atoms with E-state index < -0.39 is 5.97 Å². The van der Waals surface area contributed by atoms with Crippen molar-refractivity contribution >= 4 is 11.8 Å². The third kappa shape index (κ3) is 3.22. The van der Waals surface area contributed by atoms with Gasteiger partial charge < -0.3 is 10.1 Å². The molecule has 0 spiro atoms. The number of aromatic nitrogens is 2. The van der Waals surface area contributed by atoms with Gasteiger partial charge in [0.25, 0.3) is 0 Å². The van der Waals surface area contributed by atoms with Gasteiger partial charge in [0.2, 0.25) is 0 Å². The van der Waals surface area contributed by atoms with Crippen LogP contribution in [-0.2, 0) is 4.74 Å². The highest BCUT2D eigenvalue weighted by Crippen LogP contribution is 2.31. The Morgan fingerprint density at radius 2 is 2.05 bits per heavy atom. The lowest BCUT2D eigenvalue weighted by atomic mass is 9.83. The standard InChI is InChI=1S/C14H21N3O2/c1-10-15-9-11(13(18)19-3)12(16-10)17-14(2)7-5-4-6-8-14/h9H,4-8H2,1-3H3,(H,15,16,17). The van der Waals surface area contributed by atoms with Crippen molar-refractivity contribution in [3.05, 3.63) is 17.6 Å². The smallest absolute Gasteiger partial charge is 0.343 e. The van der Waals surface area contributed by atoms with Gasteiger partial charge in [-0.2, -0.15) is 0 Å². The maximum atomic E-state index is 11.7. The number of ether oxygens (including phenoxy) is 1. The number of carbonyl (C=O) groups excluding carboxylic acids is 1. The van der Waals surface area contributed by atoms with E-state index >= 15 is 0 Å². The molecule has 0 unspecified atom stereocenters. The highest BCUT2D eigenvalue weighted by atomic mass is 16.5. The molecule has 0 atom stereocenters. The van der Waals surface area contributed by atoms with Crippen molar-refractivity contribution in [2.24, 2.45) is 0 Å². The van der Waals surface area contributed by atoms with Crippen LogP contribution in [0.3, 0.4) is 0 Å².